The van der Waals surface area contributed by atoms with Gasteiger partial charge in [0, 0.05) is 25.9 Å². The minimum absolute atomic E-state index is 0.271. The standard InChI is InChI=1S/C15H27N3O/c1-2-17(10-6-12-19)13-14-9-11-18(16-14)15-7-4-3-5-8-15/h9,11,15,19H,2-8,10,12-13H2,1H3. The van der Waals surface area contributed by atoms with Crippen molar-refractivity contribution in [1.82, 2.24) is 14.7 Å². The van der Waals surface area contributed by atoms with E-state index in [1.54, 1.807) is 0 Å². The summed E-state index contributed by atoms with van der Waals surface area (Å²) in [4.78, 5) is 2.34. The summed E-state index contributed by atoms with van der Waals surface area (Å²) in [6.07, 6.45) is 9.62. The first-order chi connectivity index (χ1) is 9.33. The molecule has 0 aliphatic heterocycles. The summed E-state index contributed by atoms with van der Waals surface area (Å²) in [5, 5.41) is 13.6. The number of aliphatic hydroxyl groups is 1. The maximum Gasteiger partial charge on any atom is 0.0764 e. The van der Waals surface area contributed by atoms with Crippen molar-refractivity contribution in [3.63, 3.8) is 0 Å². The Bertz CT molecular complexity index is 358. The first-order valence-electron chi connectivity index (χ1n) is 7.70. The molecule has 1 fully saturated rings. The second kappa shape index (κ2) is 7.65. The van der Waals surface area contributed by atoms with Crippen molar-refractivity contribution < 1.29 is 5.11 Å². The van der Waals surface area contributed by atoms with Crippen LogP contribution in [0.5, 0.6) is 0 Å². The van der Waals surface area contributed by atoms with E-state index >= 15 is 0 Å². The monoisotopic (exact) mass is 265 g/mol. The molecular weight excluding hydrogens is 238 g/mol. The number of aromatic nitrogens is 2. The Balaban J connectivity index is 1.88. The molecule has 0 bridgehead atoms. The average molecular weight is 265 g/mol. The lowest BCUT2D eigenvalue weighted by Gasteiger charge is -2.22. The van der Waals surface area contributed by atoms with Gasteiger partial charge in [0.25, 0.3) is 0 Å². The fourth-order valence-corrected chi connectivity index (χ4v) is 2.88. The molecule has 0 spiro atoms. The van der Waals surface area contributed by atoms with Crippen LogP contribution in [0.25, 0.3) is 0 Å². The number of rotatable bonds is 7. The lowest BCUT2D eigenvalue weighted by atomic mass is 9.96. The minimum atomic E-state index is 0.271. The van der Waals surface area contributed by atoms with E-state index in [2.05, 4.69) is 28.8 Å². The van der Waals surface area contributed by atoms with Gasteiger partial charge in [-0.15, -0.1) is 0 Å². The zero-order chi connectivity index (χ0) is 13.5. The summed E-state index contributed by atoms with van der Waals surface area (Å²) in [5.41, 5.74) is 1.16. The van der Waals surface area contributed by atoms with Crippen molar-refractivity contribution in [3.8, 4) is 0 Å². The van der Waals surface area contributed by atoms with Crippen molar-refractivity contribution in [2.75, 3.05) is 19.7 Å². The SMILES string of the molecule is CCN(CCCO)Cc1ccn(C2CCCCC2)n1. The van der Waals surface area contributed by atoms with Gasteiger partial charge in [-0.1, -0.05) is 26.2 Å². The number of hydrogen-bond donors (Lipinski definition) is 1. The Morgan fingerprint density at radius 2 is 2.16 bits per heavy atom. The molecule has 1 saturated carbocycles. The third kappa shape index (κ3) is 4.32. The second-order valence-electron chi connectivity index (χ2n) is 5.52. The minimum Gasteiger partial charge on any atom is -0.396 e. The summed E-state index contributed by atoms with van der Waals surface area (Å²) in [5.74, 6) is 0. The van der Waals surface area contributed by atoms with Crippen LogP contribution in [0.3, 0.4) is 0 Å². The van der Waals surface area contributed by atoms with E-state index in [-0.39, 0.29) is 6.61 Å². The Labute approximate surface area is 116 Å². The molecule has 0 unspecified atom stereocenters. The van der Waals surface area contributed by atoms with Crippen LogP contribution >= 0.6 is 0 Å². The maximum atomic E-state index is 8.90. The van der Waals surface area contributed by atoms with Gasteiger partial charge in [0.15, 0.2) is 0 Å². The van der Waals surface area contributed by atoms with Crippen LogP contribution in [0.4, 0.5) is 0 Å². The second-order valence-corrected chi connectivity index (χ2v) is 5.52. The Morgan fingerprint density at radius 3 is 2.84 bits per heavy atom. The number of hydrogen-bond acceptors (Lipinski definition) is 3. The fourth-order valence-electron chi connectivity index (χ4n) is 2.88. The van der Waals surface area contributed by atoms with Gasteiger partial charge < -0.3 is 5.11 Å². The van der Waals surface area contributed by atoms with Gasteiger partial charge >= 0.3 is 0 Å². The van der Waals surface area contributed by atoms with E-state index in [0.29, 0.717) is 6.04 Å². The highest BCUT2D eigenvalue weighted by Gasteiger charge is 2.16. The molecule has 1 aromatic heterocycles. The van der Waals surface area contributed by atoms with Crippen LogP contribution in [0.1, 0.15) is 57.2 Å². The zero-order valence-electron chi connectivity index (χ0n) is 12.1. The Hall–Kier alpha value is -0.870. The van der Waals surface area contributed by atoms with Gasteiger partial charge in [0.05, 0.1) is 11.7 Å². The first kappa shape index (κ1) is 14.5. The molecule has 4 heteroatoms. The molecule has 0 saturated heterocycles. The molecule has 4 nitrogen and oxygen atoms in total. The smallest absolute Gasteiger partial charge is 0.0764 e. The van der Waals surface area contributed by atoms with Crippen LogP contribution < -0.4 is 0 Å². The van der Waals surface area contributed by atoms with Gasteiger partial charge in [0.1, 0.15) is 0 Å². The highest BCUT2D eigenvalue weighted by atomic mass is 16.3. The third-order valence-corrected chi connectivity index (χ3v) is 4.08. The number of nitrogens with zero attached hydrogens (tertiary/aromatic N) is 3. The van der Waals surface area contributed by atoms with E-state index in [0.717, 1.165) is 31.7 Å². The van der Waals surface area contributed by atoms with Crippen LogP contribution in [-0.4, -0.2) is 39.5 Å². The maximum absolute atomic E-state index is 8.90. The summed E-state index contributed by atoms with van der Waals surface area (Å²) >= 11 is 0. The van der Waals surface area contributed by atoms with Gasteiger partial charge in [-0.2, -0.15) is 5.10 Å². The molecule has 2 rings (SSSR count). The lowest BCUT2D eigenvalue weighted by Crippen LogP contribution is -2.25. The van der Waals surface area contributed by atoms with Crippen LogP contribution in [0, 0.1) is 0 Å². The molecule has 1 aromatic rings. The number of aliphatic hydroxyl groups excluding tert-OH is 1. The molecule has 0 radical (unpaired) electrons. The Morgan fingerprint density at radius 1 is 1.37 bits per heavy atom. The van der Waals surface area contributed by atoms with E-state index in [1.807, 2.05) is 0 Å². The molecule has 19 heavy (non-hydrogen) atoms. The fraction of sp³-hybridized carbons (Fsp3) is 0.800. The van der Waals surface area contributed by atoms with Crippen molar-refractivity contribution in [2.24, 2.45) is 0 Å². The Kier molecular flexibility index (Phi) is 5.86. The topological polar surface area (TPSA) is 41.3 Å². The molecule has 0 aromatic carbocycles. The van der Waals surface area contributed by atoms with E-state index in [9.17, 15) is 0 Å². The molecule has 1 aliphatic carbocycles. The van der Waals surface area contributed by atoms with E-state index < -0.39 is 0 Å². The summed E-state index contributed by atoms with van der Waals surface area (Å²) in [6, 6.07) is 2.77. The molecule has 1 heterocycles. The molecule has 1 aliphatic rings. The molecule has 108 valence electrons. The van der Waals surface area contributed by atoms with E-state index in [1.165, 1.54) is 32.1 Å². The third-order valence-electron chi connectivity index (χ3n) is 4.08. The van der Waals surface area contributed by atoms with Gasteiger partial charge in [-0.3, -0.25) is 9.58 Å². The van der Waals surface area contributed by atoms with Crippen molar-refractivity contribution >= 4 is 0 Å². The predicted molar refractivity (Wildman–Crippen MR) is 77.0 cm³/mol. The van der Waals surface area contributed by atoms with E-state index in [4.69, 9.17) is 10.2 Å². The van der Waals surface area contributed by atoms with Gasteiger partial charge in [-0.05, 0) is 31.9 Å². The largest absolute Gasteiger partial charge is 0.396 e. The quantitative estimate of drug-likeness (QED) is 0.824. The van der Waals surface area contributed by atoms with Gasteiger partial charge in [0.2, 0.25) is 0 Å². The predicted octanol–water partition coefficient (Wildman–Crippen LogP) is 2.59. The lowest BCUT2D eigenvalue weighted by molar-refractivity contribution is 0.223. The van der Waals surface area contributed by atoms with Crippen LogP contribution in [-0.2, 0) is 6.54 Å². The molecule has 0 amide bonds. The summed E-state index contributed by atoms with van der Waals surface area (Å²) in [7, 11) is 0. The highest BCUT2D eigenvalue weighted by molar-refractivity contribution is 5.00. The normalized spacial score (nSPS) is 17.2. The van der Waals surface area contributed by atoms with Crippen LogP contribution in [0.15, 0.2) is 12.3 Å². The summed E-state index contributed by atoms with van der Waals surface area (Å²) < 4.78 is 2.17. The molecule has 0 atom stereocenters. The van der Waals surface area contributed by atoms with Crippen molar-refractivity contribution in [1.29, 1.82) is 0 Å². The zero-order valence-corrected chi connectivity index (χ0v) is 12.1. The molecule has 1 N–H and O–H groups in total. The highest BCUT2D eigenvalue weighted by Crippen LogP contribution is 2.27. The summed E-state index contributed by atoms with van der Waals surface area (Å²) in [6.45, 7) is 5.29. The van der Waals surface area contributed by atoms with Crippen LogP contribution in [0.2, 0.25) is 0 Å². The molecular formula is C15H27N3O. The van der Waals surface area contributed by atoms with Gasteiger partial charge in [-0.25, -0.2) is 0 Å². The first-order valence-corrected chi connectivity index (χ1v) is 7.70. The van der Waals surface area contributed by atoms with Crippen molar-refractivity contribution in [2.45, 2.75) is 58.0 Å². The average Bonchev–Trinajstić information content (AvgIpc) is 2.93. The van der Waals surface area contributed by atoms with Crippen molar-refractivity contribution in [3.05, 3.63) is 18.0 Å².